The van der Waals surface area contributed by atoms with Crippen LogP contribution in [0.1, 0.15) is 21.1 Å². The third-order valence-electron chi connectivity index (χ3n) is 4.92. The highest BCUT2D eigenvalue weighted by atomic mass is 35.5. The summed E-state index contributed by atoms with van der Waals surface area (Å²) in [6, 6.07) is 8.78. The zero-order valence-electron chi connectivity index (χ0n) is 17.7. The molecule has 1 aliphatic heterocycles. The Balaban J connectivity index is 0.00000181. The van der Waals surface area contributed by atoms with Crippen molar-refractivity contribution in [1.29, 1.82) is 0 Å². The smallest absolute Gasteiger partial charge is 0.240 e. The van der Waals surface area contributed by atoms with Gasteiger partial charge in [-0.2, -0.15) is 0 Å². The van der Waals surface area contributed by atoms with Gasteiger partial charge in [0.25, 0.3) is 0 Å². The first kappa shape index (κ1) is 26.0. The molecule has 8 nitrogen and oxygen atoms in total. The van der Waals surface area contributed by atoms with Gasteiger partial charge in [0.1, 0.15) is 16.3 Å². The highest BCUT2D eigenvalue weighted by Gasteiger charge is 2.25. The van der Waals surface area contributed by atoms with Crippen molar-refractivity contribution in [2.45, 2.75) is 6.92 Å². The summed E-state index contributed by atoms with van der Waals surface area (Å²) in [7, 11) is 2.07. The molecule has 0 aromatic carbocycles. The number of likely N-dealkylation sites (N-methyl/N-ethyl adjacent to an activating group) is 1. The Labute approximate surface area is 202 Å². The van der Waals surface area contributed by atoms with Gasteiger partial charge in [-0.25, -0.2) is 9.97 Å². The van der Waals surface area contributed by atoms with Crippen LogP contribution in [0.4, 0.5) is 5.13 Å². The maximum atomic E-state index is 13.1. The molecule has 172 valence electrons. The second kappa shape index (κ2) is 11.5. The number of piperazine rings is 1. The van der Waals surface area contributed by atoms with Gasteiger partial charge in [0.15, 0.2) is 10.9 Å². The molecule has 0 saturated carbocycles. The second-order valence-corrected chi connectivity index (χ2v) is 8.29. The molecule has 32 heavy (non-hydrogen) atoms. The van der Waals surface area contributed by atoms with Crippen LogP contribution in [0.25, 0.3) is 11.5 Å². The predicted molar refractivity (Wildman–Crippen MR) is 129 cm³/mol. The molecule has 1 amide bonds. The zero-order chi connectivity index (χ0) is 21.1. The lowest BCUT2D eigenvalue weighted by Crippen LogP contribution is -2.47. The fourth-order valence-electron chi connectivity index (χ4n) is 3.26. The van der Waals surface area contributed by atoms with Crippen LogP contribution in [0.15, 0.2) is 41.0 Å². The molecule has 0 bridgehead atoms. The van der Waals surface area contributed by atoms with E-state index in [1.807, 2.05) is 13.0 Å². The van der Waals surface area contributed by atoms with E-state index in [0.29, 0.717) is 33.7 Å². The highest BCUT2D eigenvalue weighted by molar-refractivity contribution is 7.18. The van der Waals surface area contributed by atoms with Gasteiger partial charge in [0.05, 0.1) is 12.8 Å². The Kier molecular flexibility index (Phi) is 9.35. The number of aryl methyl sites for hydroxylation is 1. The molecule has 4 rings (SSSR count). The van der Waals surface area contributed by atoms with E-state index in [1.165, 1.54) is 6.26 Å². The number of anilines is 1. The summed E-state index contributed by atoms with van der Waals surface area (Å²) < 4.78 is 5.47. The highest BCUT2D eigenvalue weighted by Crippen LogP contribution is 2.33. The molecule has 4 heterocycles. The minimum absolute atomic E-state index is 0. The van der Waals surface area contributed by atoms with E-state index in [-0.39, 0.29) is 36.5 Å². The second-order valence-electron chi connectivity index (χ2n) is 7.29. The number of halogens is 2. The largest absolute Gasteiger partial charge is 0.463 e. The fraction of sp³-hybridized carbons (Fsp3) is 0.333. The third kappa shape index (κ3) is 6.14. The standard InChI is InChI=1S/C21H23N5O3S.2ClH/c1-14-5-3-6-15(22-14)19(28)20-18(16-7-4-12-29-16)24-21(30-20)23-17(27)13-26-10-8-25(2)9-11-26;;/h3-7,12H,8-11,13H2,1-2H3,(H,23,24,27);2*1H. The van der Waals surface area contributed by atoms with Crippen LogP contribution in [0, 0.1) is 6.92 Å². The van der Waals surface area contributed by atoms with Gasteiger partial charge in [-0.05, 0) is 38.2 Å². The van der Waals surface area contributed by atoms with E-state index < -0.39 is 0 Å². The van der Waals surface area contributed by atoms with E-state index in [9.17, 15) is 9.59 Å². The first-order valence-electron chi connectivity index (χ1n) is 9.73. The fourth-order valence-corrected chi connectivity index (χ4v) is 4.20. The van der Waals surface area contributed by atoms with Gasteiger partial charge in [0.2, 0.25) is 11.7 Å². The Hall–Kier alpha value is -2.30. The first-order valence-corrected chi connectivity index (χ1v) is 10.5. The summed E-state index contributed by atoms with van der Waals surface area (Å²) >= 11 is 1.14. The molecular formula is C21H25Cl2N5O3S. The molecule has 3 aromatic heterocycles. The van der Waals surface area contributed by atoms with Crippen molar-refractivity contribution in [3.63, 3.8) is 0 Å². The molecule has 1 aliphatic rings. The maximum Gasteiger partial charge on any atom is 0.240 e. The number of aromatic nitrogens is 2. The van der Waals surface area contributed by atoms with Gasteiger partial charge in [-0.15, -0.1) is 24.8 Å². The lowest BCUT2D eigenvalue weighted by molar-refractivity contribution is -0.117. The van der Waals surface area contributed by atoms with E-state index in [1.54, 1.807) is 24.3 Å². The Morgan fingerprint density at radius 2 is 1.84 bits per heavy atom. The lowest BCUT2D eigenvalue weighted by atomic mass is 10.1. The molecule has 0 unspecified atom stereocenters. The molecule has 11 heteroatoms. The van der Waals surface area contributed by atoms with Crippen molar-refractivity contribution in [3.8, 4) is 11.5 Å². The third-order valence-corrected chi connectivity index (χ3v) is 5.89. The molecule has 1 fully saturated rings. The maximum absolute atomic E-state index is 13.1. The summed E-state index contributed by atoms with van der Waals surface area (Å²) in [6.45, 7) is 5.71. The summed E-state index contributed by atoms with van der Waals surface area (Å²) in [5.74, 6) is 0.0796. The number of furan rings is 1. The molecule has 1 N–H and O–H groups in total. The SMILES string of the molecule is Cc1cccc(C(=O)c2sc(NC(=O)CN3CCN(C)CC3)nc2-c2ccco2)n1.Cl.Cl. The molecule has 3 aromatic rings. The summed E-state index contributed by atoms with van der Waals surface area (Å²) in [4.78, 5) is 39.2. The number of hydrogen-bond donors (Lipinski definition) is 1. The van der Waals surface area contributed by atoms with Gasteiger partial charge in [-0.3, -0.25) is 14.5 Å². The van der Waals surface area contributed by atoms with Crippen molar-refractivity contribution in [2.24, 2.45) is 0 Å². The number of amides is 1. The summed E-state index contributed by atoms with van der Waals surface area (Å²) in [5.41, 5.74) is 1.50. The normalized spacial score (nSPS) is 14.3. The van der Waals surface area contributed by atoms with Gasteiger partial charge in [0, 0.05) is 31.9 Å². The van der Waals surface area contributed by atoms with Crippen molar-refractivity contribution < 1.29 is 14.0 Å². The van der Waals surface area contributed by atoms with Crippen molar-refractivity contribution in [3.05, 3.63) is 52.9 Å². The monoisotopic (exact) mass is 497 g/mol. The summed E-state index contributed by atoms with van der Waals surface area (Å²) in [5, 5.41) is 3.21. The van der Waals surface area contributed by atoms with Crippen molar-refractivity contribution in [2.75, 3.05) is 45.1 Å². The van der Waals surface area contributed by atoms with Crippen LogP contribution >= 0.6 is 36.2 Å². The Morgan fingerprint density at radius 1 is 1.09 bits per heavy atom. The number of carbonyl (C=O) groups is 2. The molecular weight excluding hydrogens is 473 g/mol. The molecule has 0 spiro atoms. The number of thiazole rings is 1. The Morgan fingerprint density at radius 3 is 2.50 bits per heavy atom. The van der Waals surface area contributed by atoms with E-state index >= 15 is 0 Å². The molecule has 0 radical (unpaired) electrons. The first-order chi connectivity index (χ1) is 14.5. The lowest BCUT2D eigenvalue weighted by Gasteiger charge is -2.31. The predicted octanol–water partition coefficient (Wildman–Crippen LogP) is 3.37. The number of hydrogen-bond acceptors (Lipinski definition) is 8. The van der Waals surface area contributed by atoms with E-state index in [0.717, 1.165) is 43.2 Å². The quantitative estimate of drug-likeness (QED) is 0.521. The minimum Gasteiger partial charge on any atom is -0.463 e. The average Bonchev–Trinajstić information content (AvgIpc) is 3.39. The topological polar surface area (TPSA) is 91.6 Å². The Bertz CT molecular complexity index is 1050. The molecule has 0 atom stereocenters. The molecule has 0 aliphatic carbocycles. The van der Waals surface area contributed by atoms with Crippen LogP contribution in [0.3, 0.4) is 0 Å². The number of ketones is 1. The van der Waals surface area contributed by atoms with Gasteiger partial charge < -0.3 is 14.6 Å². The van der Waals surface area contributed by atoms with Crippen molar-refractivity contribution >= 4 is 53.0 Å². The van der Waals surface area contributed by atoms with Crippen LogP contribution in [-0.2, 0) is 4.79 Å². The van der Waals surface area contributed by atoms with Crippen LogP contribution in [-0.4, -0.2) is 71.2 Å². The van der Waals surface area contributed by atoms with E-state index in [2.05, 4.69) is 32.1 Å². The van der Waals surface area contributed by atoms with E-state index in [4.69, 9.17) is 4.42 Å². The number of carbonyl (C=O) groups excluding carboxylic acids is 2. The number of rotatable bonds is 6. The zero-order valence-corrected chi connectivity index (χ0v) is 20.2. The van der Waals surface area contributed by atoms with Gasteiger partial charge in [-0.1, -0.05) is 17.4 Å². The van der Waals surface area contributed by atoms with Crippen LogP contribution < -0.4 is 5.32 Å². The summed E-state index contributed by atoms with van der Waals surface area (Å²) in [6.07, 6.45) is 1.53. The van der Waals surface area contributed by atoms with Crippen LogP contribution in [0.5, 0.6) is 0 Å². The molecule has 1 saturated heterocycles. The number of pyridine rings is 1. The average molecular weight is 498 g/mol. The van der Waals surface area contributed by atoms with Crippen molar-refractivity contribution in [1.82, 2.24) is 19.8 Å². The van der Waals surface area contributed by atoms with Gasteiger partial charge >= 0.3 is 0 Å². The number of nitrogens with one attached hydrogen (secondary N) is 1. The minimum atomic E-state index is -0.248. The van der Waals surface area contributed by atoms with Crippen LogP contribution in [0.2, 0.25) is 0 Å². The number of nitrogens with zero attached hydrogens (tertiary/aromatic N) is 4.